The second kappa shape index (κ2) is 7.83. The third kappa shape index (κ3) is 3.35. The number of nitrogens with zero attached hydrogens (tertiary/aromatic N) is 3. The van der Waals surface area contributed by atoms with Gasteiger partial charge in [0.25, 0.3) is 5.56 Å². The summed E-state index contributed by atoms with van der Waals surface area (Å²) in [5, 5.41) is 11.1. The van der Waals surface area contributed by atoms with E-state index in [1.54, 1.807) is 24.6 Å². The third-order valence-corrected chi connectivity index (χ3v) is 6.34. The minimum absolute atomic E-state index is 0.0208. The van der Waals surface area contributed by atoms with Crippen molar-refractivity contribution in [3.05, 3.63) is 63.2 Å². The molecule has 2 atom stereocenters. The first-order chi connectivity index (χ1) is 14.0. The van der Waals surface area contributed by atoms with Crippen molar-refractivity contribution in [2.24, 2.45) is 7.05 Å². The molecule has 4 rings (SSSR count). The Morgan fingerprint density at radius 3 is 2.72 bits per heavy atom. The number of hydrogen-bond donors (Lipinski definition) is 1. The number of rotatable bonds is 6. The Balaban J connectivity index is 1.80. The van der Waals surface area contributed by atoms with E-state index in [2.05, 4.69) is 23.4 Å². The normalized spacial score (nSPS) is 13.6. The second-order valence-electron chi connectivity index (χ2n) is 7.26. The number of fused-ring (bicyclic) bond motifs is 3. The zero-order chi connectivity index (χ0) is 20.5. The van der Waals surface area contributed by atoms with Crippen LogP contribution in [-0.2, 0) is 11.8 Å². The summed E-state index contributed by atoms with van der Waals surface area (Å²) in [4.78, 5) is 27.3. The summed E-state index contributed by atoms with van der Waals surface area (Å²) >= 11 is 1.65. The van der Waals surface area contributed by atoms with Crippen LogP contribution in [0.5, 0.6) is 0 Å². The molecule has 1 amide bonds. The lowest BCUT2D eigenvalue weighted by atomic mass is 10.1. The maximum atomic E-state index is 13.3. The molecule has 1 aromatic carbocycles. The average Bonchev–Trinajstić information content (AvgIpc) is 3.36. The smallest absolute Gasteiger partial charge is 0.291 e. The Bertz CT molecular complexity index is 1220. The van der Waals surface area contributed by atoms with Crippen molar-refractivity contribution >= 4 is 39.0 Å². The Hall–Kier alpha value is -2.93. The van der Waals surface area contributed by atoms with Gasteiger partial charge in [-0.1, -0.05) is 37.6 Å². The number of amides is 1. The summed E-state index contributed by atoms with van der Waals surface area (Å²) in [6.07, 6.45) is 3.54. The molecular formula is C22H24N4O2S. The van der Waals surface area contributed by atoms with Crippen molar-refractivity contribution in [3.63, 3.8) is 0 Å². The Labute approximate surface area is 172 Å². The predicted molar refractivity (Wildman–Crippen MR) is 117 cm³/mol. The molecule has 0 saturated heterocycles. The van der Waals surface area contributed by atoms with E-state index in [-0.39, 0.29) is 17.5 Å². The first kappa shape index (κ1) is 19.4. The molecule has 4 aromatic rings. The Morgan fingerprint density at radius 2 is 2.00 bits per heavy atom. The van der Waals surface area contributed by atoms with Gasteiger partial charge in [0.05, 0.1) is 17.8 Å². The lowest BCUT2D eigenvalue weighted by Crippen LogP contribution is -2.34. The second-order valence-corrected chi connectivity index (χ2v) is 8.24. The SMILES string of the molecule is CCC[C@@H](NC(=O)[C@@H](C)n1c2ccccc2c2cnn(C)c(=O)c21)c1cccs1. The maximum absolute atomic E-state index is 13.3. The number of aryl methyl sites for hydroxylation is 1. The number of carbonyl (C=O) groups excluding carboxylic acids is 1. The Morgan fingerprint density at radius 1 is 1.21 bits per heavy atom. The van der Waals surface area contributed by atoms with Crippen LogP contribution in [0.3, 0.4) is 0 Å². The van der Waals surface area contributed by atoms with E-state index < -0.39 is 6.04 Å². The van der Waals surface area contributed by atoms with Crippen LogP contribution in [0.1, 0.15) is 43.6 Å². The summed E-state index contributed by atoms with van der Waals surface area (Å²) in [7, 11) is 1.63. The van der Waals surface area contributed by atoms with E-state index in [0.29, 0.717) is 5.52 Å². The van der Waals surface area contributed by atoms with Gasteiger partial charge in [0, 0.05) is 22.7 Å². The van der Waals surface area contributed by atoms with Crippen LogP contribution < -0.4 is 10.9 Å². The van der Waals surface area contributed by atoms with Gasteiger partial charge in [-0.2, -0.15) is 5.10 Å². The molecule has 3 heterocycles. The minimum atomic E-state index is -0.535. The topological polar surface area (TPSA) is 68.9 Å². The van der Waals surface area contributed by atoms with Gasteiger partial charge in [-0.15, -0.1) is 11.3 Å². The molecule has 0 spiro atoms. The number of benzene rings is 1. The monoisotopic (exact) mass is 408 g/mol. The molecule has 0 saturated carbocycles. The lowest BCUT2D eigenvalue weighted by Gasteiger charge is -2.22. The largest absolute Gasteiger partial charge is 0.347 e. The third-order valence-electron chi connectivity index (χ3n) is 5.35. The van der Waals surface area contributed by atoms with Crippen molar-refractivity contribution < 1.29 is 4.79 Å². The van der Waals surface area contributed by atoms with E-state index in [1.165, 1.54) is 4.68 Å². The summed E-state index contributed by atoms with van der Waals surface area (Å²) in [5.41, 5.74) is 1.16. The maximum Gasteiger partial charge on any atom is 0.291 e. The van der Waals surface area contributed by atoms with Gasteiger partial charge in [0.1, 0.15) is 11.6 Å². The summed E-state index contributed by atoms with van der Waals surface area (Å²) in [6, 6.07) is 11.3. The van der Waals surface area contributed by atoms with Gasteiger partial charge in [0.15, 0.2) is 0 Å². The molecule has 0 bridgehead atoms. The quantitative estimate of drug-likeness (QED) is 0.521. The van der Waals surface area contributed by atoms with Crippen molar-refractivity contribution in [1.29, 1.82) is 0 Å². The molecule has 0 radical (unpaired) electrons. The highest BCUT2D eigenvalue weighted by Crippen LogP contribution is 2.30. The van der Waals surface area contributed by atoms with E-state index in [9.17, 15) is 9.59 Å². The van der Waals surface area contributed by atoms with Crippen LogP contribution in [-0.4, -0.2) is 20.3 Å². The zero-order valence-electron chi connectivity index (χ0n) is 16.8. The number of thiophene rings is 1. The number of hydrogen-bond acceptors (Lipinski definition) is 4. The Kier molecular flexibility index (Phi) is 5.24. The van der Waals surface area contributed by atoms with Crippen LogP contribution in [0.25, 0.3) is 21.8 Å². The number of carbonyl (C=O) groups is 1. The fraction of sp³-hybridized carbons (Fsp3) is 0.318. The first-order valence-electron chi connectivity index (χ1n) is 9.81. The van der Waals surface area contributed by atoms with Gasteiger partial charge in [-0.05, 0) is 30.9 Å². The van der Waals surface area contributed by atoms with Gasteiger partial charge in [-0.25, -0.2) is 4.68 Å². The molecule has 0 fully saturated rings. The summed E-state index contributed by atoms with van der Waals surface area (Å²) in [5.74, 6) is -0.0987. The molecule has 29 heavy (non-hydrogen) atoms. The van der Waals surface area contributed by atoms with Gasteiger partial charge in [-0.3, -0.25) is 9.59 Å². The van der Waals surface area contributed by atoms with Crippen LogP contribution >= 0.6 is 11.3 Å². The predicted octanol–water partition coefficient (Wildman–Crippen LogP) is 4.17. The molecular weight excluding hydrogens is 384 g/mol. The lowest BCUT2D eigenvalue weighted by molar-refractivity contribution is -0.124. The average molecular weight is 409 g/mol. The highest BCUT2D eigenvalue weighted by atomic mass is 32.1. The highest BCUT2D eigenvalue weighted by molar-refractivity contribution is 7.10. The standard InChI is InChI=1S/C22H24N4O2S/c1-4-8-17(19-11-7-12-29-19)24-21(27)14(2)26-18-10-6-5-9-15(18)16-13-23-25(3)22(28)20(16)26/h5-7,9-14,17H,4,8H2,1-3H3,(H,24,27)/t14-,17-/m1/s1. The first-order valence-corrected chi connectivity index (χ1v) is 10.7. The van der Waals surface area contributed by atoms with Crippen molar-refractivity contribution in [3.8, 4) is 0 Å². The van der Waals surface area contributed by atoms with Crippen LogP contribution in [0.4, 0.5) is 0 Å². The van der Waals surface area contributed by atoms with Crippen LogP contribution in [0, 0.1) is 0 Å². The van der Waals surface area contributed by atoms with E-state index in [4.69, 9.17) is 0 Å². The minimum Gasteiger partial charge on any atom is -0.347 e. The van der Waals surface area contributed by atoms with Crippen molar-refractivity contribution in [1.82, 2.24) is 19.7 Å². The fourth-order valence-electron chi connectivity index (χ4n) is 3.86. The van der Waals surface area contributed by atoms with Crippen LogP contribution in [0.2, 0.25) is 0 Å². The molecule has 1 N–H and O–H groups in total. The molecule has 0 aliphatic heterocycles. The molecule has 0 aliphatic rings. The fourth-order valence-corrected chi connectivity index (χ4v) is 4.68. The van der Waals surface area contributed by atoms with Crippen molar-refractivity contribution in [2.75, 3.05) is 0 Å². The number of aromatic nitrogens is 3. The summed E-state index contributed by atoms with van der Waals surface area (Å²) < 4.78 is 3.16. The van der Waals surface area contributed by atoms with E-state index >= 15 is 0 Å². The summed E-state index contributed by atoms with van der Waals surface area (Å²) in [6.45, 7) is 3.96. The molecule has 3 aromatic heterocycles. The van der Waals surface area contributed by atoms with E-state index in [1.807, 2.05) is 47.2 Å². The molecule has 0 unspecified atom stereocenters. The van der Waals surface area contributed by atoms with Crippen LogP contribution in [0.15, 0.2) is 52.8 Å². The molecule has 0 aliphatic carbocycles. The molecule has 7 heteroatoms. The molecule has 6 nitrogen and oxygen atoms in total. The van der Waals surface area contributed by atoms with Gasteiger partial charge >= 0.3 is 0 Å². The van der Waals surface area contributed by atoms with Gasteiger partial charge < -0.3 is 9.88 Å². The molecule has 150 valence electrons. The number of nitrogens with one attached hydrogen (secondary N) is 1. The highest BCUT2D eigenvalue weighted by Gasteiger charge is 2.25. The van der Waals surface area contributed by atoms with E-state index in [0.717, 1.165) is 34.0 Å². The van der Waals surface area contributed by atoms with Crippen molar-refractivity contribution in [2.45, 2.75) is 38.8 Å². The van der Waals surface area contributed by atoms with Gasteiger partial charge in [0.2, 0.25) is 5.91 Å². The zero-order valence-corrected chi connectivity index (χ0v) is 17.6. The number of para-hydroxylation sites is 1.